The minimum atomic E-state index is -4.12. The van der Waals surface area contributed by atoms with Gasteiger partial charge in [-0.05, 0) is 69.8 Å². The van der Waals surface area contributed by atoms with Gasteiger partial charge in [0.1, 0.15) is 17.4 Å². The first-order valence-corrected chi connectivity index (χ1v) is 15.8. The summed E-state index contributed by atoms with van der Waals surface area (Å²) >= 11 is 6.08. The molecule has 1 aliphatic carbocycles. The van der Waals surface area contributed by atoms with Crippen molar-refractivity contribution in [2.24, 2.45) is 0 Å². The molecule has 4 aliphatic rings. The smallest absolute Gasteiger partial charge is 0.304 e. The van der Waals surface area contributed by atoms with Gasteiger partial charge in [-0.25, -0.2) is 12.8 Å². The van der Waals surface area contributed by atoms with Crippen molar-refractivity contribution >= 4 is 39.2 Å². The van der Waals surface area contributed by atoms with Gasteiger partial charge in [-0.1, -0.05) is 11.6 Å². The number of halogens is 2. The first-order valence-electron chi connectivity index (χ1n) is 13.9. The van der Waals surface area contributed by atoms with Crippen LogP contribution >= 0.6 is 11.6 Å². The van der Waals surface area contributed by atoms with Crippen LogP contribution < -0.4 is 5.32 Å². The van der Waals surface area contributed by atoms with Crippen molar-refractivity contribution in [1.82, 2.24) is 20.0 Å². The fourth-order valence-electron chi connectivity index (χ4n) is 6.14. The van der Waals surface area contributed by atoms with Crippen molar-refractivity contribution in [2.75, 3.05) is 32.7 Å². The number of nitrogens with zero attached hydrogens (tertiary/aromatic N) is 4. The summed E-state index contributed by atoms with van der Waals surface area (Å²) in [5, 5.41) is 19.7. The third-order valence-electron chi connectivity index (χ3n) is 8.83. The van der Waals surface area contributed by atoms with Crippen LogP contribution in [0.25, 0.3) is 0 Å². The van der Waals surface area contributed by atoms with Crippen LogP contribution in [-0.4, -0.2) is 108 Å². The lowest BCUT2D eigenvalue weighted by atomic mass is 9.93. The van der Waals surface area contributed by atoms with Crippen LogP contribution in [0.3, 0.4) is 0 Å². The van der Waals surface area contributed by atoms with E-state index in [4.69, 9.17) is 16.7 Å². The average molecular weight is 610 g/mol. The molecule has 11 nitrogen and oxygen atoms in total. The maximum Gasteiger partial charge on any atom is 0.304 e. The number of benzene rings is 1. The van der Waals surface area contributed by atoms with E-state index >= 15 is 0 Å². The molecule has 4 fully saturated rings. The van der Waals surface area contributed by atoms with Crippen LogP contribution in [0.2, 0.25) is 5.02 Å². The second kappa shape index (κ2) is 11.5. The molecule has 2 amide bonds. The lowest BCUT2D eigenvalue weighted by Crippen LogP contribution is -2.63. The molecule has 14 heteroatoms. The van der Waals surface area contributed by atoms with Gasteiger partial charge in [0.15, 0.2) is 9.84 Å². The zero-order valence-corrected chi connectivity index (χ0v) is 24.0. The maximum atomic E-state index is 13.9. The first-order chi connectivity index (χ1) is 19.4. The van der Waals surface area contributed by atoms with E-state index < -0.39 is 50.4 Å². The van der Waals surface area contributed by atoms with Crippen LogP contribution in [0, 0.1) is 17.1 Å². The Kier molecular flexibility index (Phi) is 8.31. The van der Waals surface area contributed by atoms with Crippen molar-refractivity contribution < 1.29 is 32.3 Å². The summed E-state index contributed by atoms with van der Waals surface area (Å²) in [6.45, 7) is 2.40. The Balaban J connectivity index is 1.32. The monoisotopic (exact) mass is 609 g/mol. The summed E-state index contributed by atoms with van der Waals surface area (Å²) in [6.07, 6.45) is 3.02. The largest absolute Gasteiger partial charge is 0.481 e. The number of carbonyl (C=O) groups is 3. The number of hydrogen-bond donors (Lipinski definition) is 2. The van der Waals surface area contributed by atoms with Gasteiger partial charge in [0.25, 0.3) is 0 Å². The number of carbonyl (C=O) groups excluding carboxylic acids is 2. The zero-order valence-electron chi connectivity index (χ0n) is 22.5. The molecule has 3 atom stereocenters. The number of sulfone groups is 1. The maximum absolute atomic E-state index is 13.9. The lowest BCUT2D eigenvalue weighted by Gasteiger charge is -2.49. The highest BCUT2D eigenvalue weighted by molar-refractivity contribution is 7.92. The van der Waals surface area contributed by atoms with Gasteiger partial charge in [0.05, 0.1) is 33.7 Å². The highest BCUT2D eigenvalue weighted by Crippen LogP contribution is 2.38. The van der Waals surface area contributed by atoms with Crippen molar-refractivity contribution in [3.63, 3.8) is 0 Å². The highest BCUT2D eigenvalue weighted by atomic mass is 35.5. The minimum Gasteiger partial charge on any atom is -0.481 e. The molecule has 3 saturated heterocycles. The van der Waals surface area contributed by atoms with Crippen LogP contribution in [0.4, 0.5) is 4.39 Å². The summed E-state index contributed by atoms with van der Waals surface area (Å²) in [5.74, 6) is -2.40. The van der Waals surface area contributed by atoms with E-state index in [1.807, 2.05) is 0 Å². The van der Waals surface area contributed by atoms with Gasteiger partial charge in [-0.15, -0.1) is 0 Å². The summed E-state index contributed by atoms with van der Waals surface area (Å²) in [5.41, 5.74) is -0.986. The van der Waals surface area contributed by atoms with Gasteiger partial charge in [-0.2, -0.15) is 5.26 Å². The standard InChI is InChI=1S/C27H33ClFN5O6S/c28-20-13-17(29)1-2-23(20)41(39,40)19-14-22(25(37)31-27(16-30)7-8-27)34(15-19)26(38)21-5-12-33(21)18-3-9-32(10-4-18)11-6-24(35)36/h1-2,13,18-19,21-22H,3-12,14-15H2,(H,31,37)(H,35,36)/t19-,21?,22+/m1/s1. The van der Waals surface area contributed by atoms with Gasteiger partial charge in [0, 0.05) is 25.7 Å². The van der Waals surface area contributed by atoms with Crippen molar-refractivity contribution in [3.05, 3.63) is 29.0 Å². The third-order valence-corrected chi connectivity index (χ3v) is 11.4. The van der Waals surface area contributed by atoms with Crippen molar-refractivity contribution in [3.8, 4) is 6.07 Å². The number of nitriles is 1. The Morgan fingerprint density at radius 3 is 2.41 bits per heavy atom. The quantitative estimate of drug-likeness (QED) is 0.396. The molecule has 1 aromatic carbocycles. The van der Waals surface area contributed by atoms with Gasteiger partial charge in [-0.3, -0.25) is 19.3 Å². The molecule has 0 radical (unpaired) electrons. The minimum absolute atomic E-state index is 0.0776. The SMILES string of the molecule is N#CC1(NC(=O)[C@@H]2C[C@@H](S(=O)(=O)c3ccc(F)cc3Cl)CN2C(=O)C2CCN2C2CCN(CCC(=O)O)CC2)CC1. The number of piperidine rings is 1. The van der Waals surface area contributed by atoms with Gasteiger partial charge in [0.2, 0.25) is 11.8 Å². The number of nitrogens with one attached hydrogen (secondary N) is 1. The zero-order chi connectivity index (χ0) is 29.5. The van der Waals surface area contributed by atoms with E-state index in [9.17, 15) is 32.5 Å². The molecule has 3 aliphatic heterocycles. The molecule has 1 aromatic rings. The number of rotatable bonds is 9. The molecule has 1 saturated carbocycles. The summed E-state index contributed by atoms with van der Waals surface area (Å²) in [6, 6.07) is 3.66. The highest BCUT2D eigenvalue weighted by Gasteiger charge is 2.52. The number of aliphatic carboxylic acids is 1. The molecule has 0 aromatic heterocycles. The normalized spacial score (nSPS) is 26.7. The van der Waals surface area contributed by atoms with E-state index in [-0.39, 0.29) is 41.3 Å². The van der Waals surface area contributed by atoms with E-state index in [2.05, 4.69) is 21.2 Å². The molecule has 2 N–H and O–H groups in total. The molecule has 41 heavy (non-hydrogen) atoms. The van der Waals surface area contributed by atoms with Gasteiger partial charge < -0.3 is 20.2 Å². The first kappa shape index (κ1) is 29.7. The third kappa shape index (κ3) is 6.07. The summed E-state index contributed by atoms with van der Waals surface area (Å²) in [4.78, 5) is 43.4. The molecule has 0 spiro atoms. The van der Waals surface area contributed by atoms with Crippen LogP contribution in [0.1, 0.15) is 44.9 Å². The number of hydrogen-bond acceptors (Lipinski definition) is 8. The van der Waals surface area contributed by atoms with Gasteiger partial charge >= 0.3 is 5.97 Å². The van der Waals surface area contributed by atoms with Crippen LogP contribution in [0.15, 0.2) is 23.1 Å². The predicted octanol–water partition coefficient (Wildman–Crippen LogP) is 1.41. The number of carboxylic acid groups (broad SMARTS) is 1. The second-order valence-electron chi connectivity index (χ2n) is 11.4. The Hall–Kier alpha value is -2.79. The average Bonchev–Trinajstić information content (AvgIpc) is 3.51. The van der Waals surface area contributed by atoms with E-state index in [0.717, 1.165) is 44.1 Å². The molecular weight excluding hydrogens is 577 g/mol. The Morgan fingerprint density at radius 1 is 1.15 bits per heavy atom. The summed E-state index contributed by atoms with van der Waals surface area (Å²) < 4.78 is 40.8. The van der Waals surface area contributed by atoms with E-state index in [1.54, 1.807) is 0 Å². The Bertz CT molecular complexity index is 1370. The Morgan fingerprint density at radius 2 is 1.85 bits per heavy atom. The van der Waals surface area contributed by atoms with Crippen molar-refractivity contribution in [2.45, 2.75) is 78.8 Å². The molecule has 0 bridgehead atoms. The molecule has 3 heterocycles. The van der Waals surface area contributed by atoms with E-state index in [0.29, 0.717) is 32.4 Å². The second-order valence-corrected chi connectivity index (χ2v) is 14.0. The number of amides is 2. The lowest BCUT2D eigenvalue weighted by molar-refractivity contribution is -0.149. The molecular formula is C27H33ClFN5O6S. The fourth-order valence-corrected chi connectivity index (χ4v) is 8.37. The Labute approximate surface area is 243 Å². The van der Waals surface area contributed by atoms with Crippen LogP contribution in [-0.2, 0) is 24.2 Å². The number of likely N-dealkylation sites (tertiary alicyclic amines) is 3. The predicted molar refractivity (Wildman–Crippen MR) is 145 cm³/mol. The van der Waals surface area contributed by atoms with Crippen LogP contribution in [0.5, 0.6) is 0 Å². The van der Waals surface area contributed by atoms with Crippen molar-refractivity contribution in [1.29, 1.82) is 5.26 Å². The fraction of sp³-hybridized carbons (Fsp3) is 0.630. The topological polar surface area (TPSA) is 151 Å². The molecule has 222 valence electrons. The van der Waals surface area contributed by atoms with E-state index in [1.165, 1.54) is 4.90 Å². The molecule has 5 rings (SSSR count). The summed E-state index contributed by atoms with van der Waals surface area (Å²) in [7, 11) is -4.12. The number of carboxylic acids is 1. The molecule has 1 unspecified atom stereocenters.